The Morgan fingerprint density at radius 1 is 0.295 bits per heavy atom. The van der Waals surface area contributed by atoms with Crippen molar-refractivity contribution in [2.24, 2.45) is 0 Å². The molecule has 0 saturated carbocycles. The molecule has 16 rings (SSSR count). The van der Waals surface area contributed by atoms with Crippen LogP contribution in [0.5, 0.6) is 0 Å². The maximum atomic E-state index is 9.68. The molecule has 0 radical (unpaired) electrons. The number of hydrogen-bond donors (Lipinski definition) is 0. The molecule has 2 aliphatic rings. The molecule has 3 nitrogen and oxygen atoms in total. The average Bonchev–Trinajstić information content (AvgIpc) is 1.75. The monoisotopic (exact) mass is 995 g/mol. The Morgan fingerprint density at radius 2 is 0.833 bits per heavy atom. The van der Waals surface area contributed by atoms with E-state index in [2.05, 4.69) is 198 Å². The largest absolute Gasteiger partial charge is 0.310 e. The fourth-order valence-electron chi connectivity index (χ4n) is 13.1. The van der Waals surface area contributed by atoms with Gasteiger partial charge in [0.15, 0.2) is 0 Å². The highest BCUT2D eigenvalue weighted by Crippen LogP contribution is 2.63. The quantitative estimate of drug-likeness (QED) is 0.150. The van der Waals surface area contributed by atoms with Gasteiger partial charge in [0, 0.05) is 50.3 Å². The van der Waals surface area contributed by atoms with Gasteiger partial charge < -0.3 is 14.4 Å². The Bertz CT molecular complexity index is 4850. The van der Waals surface area contributed by atoms with Crippen LogP contribution in [-0.2, 0) is 5.41 Å². The van der Waals surface area contributed by atoms with Crippen molar-refractivity contribution >= 4 is 77.5 Å². The van der Waals surface area contributed by atoms with Crippen molar-refractivity contribution in [1.29, 1.82) is 0 Å². The number of fused-ring (bicyclic) bond motifs is 15. The number of para-hydroxylation sites is 3. The van der Waals surface area contributed by atoms with Gasteiger partial charge in [0.1, 0.15) is 0 Å². The molecular weight excluding hydrogens is 943 g/mol. The van der Waals surface area contributed by atoms with Crippen LogP contribution in [0.25, 0.3) is 82.4 Å². The molecular formula is C75H49N3. The van der Waals surface area contributed by atoms with E-state index in [0.29, 0.717) is 5.56 Å². The van der Waals surface area contributed by atoms with Gasteiger partial charge in [-0.2, -0.15) is 0 Å². The molecule has 0 unspecified atom stereocenters. The van der Waals surface area contributed by atoms with Crippen molar-refractivity contribution in [3.8, 4) is 39.1 Å². The van der Waals surface area contributed by atoms with Crippen molar-refractivity contribution in [3.63, 3.8) is 0 Å². The molecule has 14 aromatic rings. The van der Waals surface area contributed by atoms with Crippen molar-refractivity contribution < 1.29 is 5.48 Å². The van der Waals surface area contributed by atoms with E-state index in [1.807, 2.05) is 89.8 Å². The Hall–Kier alpha value is -10.2. The molecule has 0 fully saturated rings. The first-order chi connectivity index (χ1) is 40.4. The molecule has 0 aliphatic heterocycles. The highest BCUT2D eigenvalue weighted by molar-refractivity contribution is 6.11. The van der Waals surface area contributed by atoms with Crippen LogP contribution < -0.4 is 9.80 Å². The van der Waals surface area contributed by atoms with Crippen molar-refractivity contribution in [3.05, 3.63) is 319 Å². The number of nitrogens with zero attached hydrogens (tertiary/aromatic N) is 3. The maximum absolute atomic E-state index is 9.68. The van der Waals surface area contributed by atoms with Gasteiger partial charge in [-0.1, -0.05) is 206 Å². The second-order valence-corrected chi connectivity index (χ2v) is 20.5. The molecule has 1 spiro atoms. The van der Waals surface area contributed by atoms with Crippen LogP contribution in [0.4, 0.5) is 34.1 Å². The zero-order chi connectivity index (χ0) is 54.8. The van der Waals surface area contributed by atoms with E-state index in [-0.39, 0.29) is 35.4 Å². The lowest BCUT2D eigenvalue weighted by atomic mass is 9.70. The second-order valence-electron chi connectivity index (χ2n) is 20.5. The summed E-state index contributed by atoms with van der Waals surface area (Å²) < 4.78 is 41.0. The summed E-state index contributed by atoms with van der Waals surface area (Å²) >= 11 is 0. The van der Waals surface area contributed by atoms with E-state index < -0.39 is 5.41 Å². The van der Waals surface area contributed by atoms with Crippen molar-refractivity contribution in [2.75, 3.05) is 9.80 Å². The third kappa shape index (κ3) is 6.58. The minimum Gasteiger partial charge on any atom is -0.310 e. The van der Waals surface area contributed by atoms with E-state index in [1.54, 1.807) is 0 Å². The van der Waals surface area contributed by atoms with Crippen molar-refractivity contribution in [1.82, 2.24) is 4.57 Å². The van der Waals surface area contributed by atoms with Gasteiger partial charge >= 0.3 is 0 Å². The third-order valence-electron chi connectivity index (χ3n) is 16.4. The molecule has 0 saturated heterocycles. The normalized spacial score (nSPS) is 13.4. The summed E-state index contributed by atoms with van der Waals surface area (Å²) in [4.78, 5) is 4.25. The van der Waals surface area contributed by atoms with Crippen LogP contribution in [0.2, 0.25) is 0 Å². The summed E-state index contributed by atoms with van der Waals surface area (Å²) in [5, 5.41) is 6.18. The number of hydrogen-bond acceptors (Lipinski definition) is 2. The molecule has 0 N–H and O–H groups in total. The van der Waals surface area contributed by atoms with Gasteiger partial charge in [0.2, 0.25) is 0 Å². The van der Waals surface area contributed by atoms with Gasteiger partial charge in [-0.15, -0.1) is 0 Å². The van der Waals surface area contributed by atoms with Crippen LogP contribution in [0.3, 0.4) is 0 Å². The number of aromatic nitrogens is 1. The van der Waals surface area contributed by atoms with E-state index in [0.717, 1.165) is 66.7 Å². The highest BCUT2D eigenvalue weighted by atomic mass is 15.2. The van der Waals surface area contributed by atoms with Crippen LogP contribution in [-0.4, -0.2) is 4.57 Å². The number of benzene rings is 13. The van der Waals surface area contributed by atoms with E-state index in [4.69, 9.17) is 0 Å². The fourth-order valence-corrected chi connectivity index (χ4v) is 13.1. The summed E-state index contributed by atoms with van der Waals surface area (Å²) in [7, 11) is 0. The molecule has 1 heterocycles. The van der Waals surface area contributed by atoms with Crippen LogP contribution in [0, 0.1) is 0 Å². The lowest BCUT2D eigenvalue weighted by molar-refractivity contribution is 0.793. The molecule has 0 bridgehead atoms. The van der Waals surface area contributed by atoms with Gasteiger partial charge in [-0.05, 0) is 163 Å². The minimum absolute atomic E-state index is 0.105. The topological polar surface area (TPSA) is 11.4 Å². The molecule has 13 aromatic carbocycles. The average molecular weight is 996 g/mol. The van der Waals surface area contributed by atoms with Gasteiger partial charge in [0.25, 0.3) is 0 Å². The predicted molar refractivity (Wildman–Crippen MR) is 327 cm³/mol. The van der Waals surface area contributed by atoms with Crippen LogP contribution >= 0.6 is 0 Å². The van der Waals surface area contributed by atoms with Gasteiger partial charge in [-0.3, -0.25) is 0 Å². The molecule has 2 aliphatic carbocycles. The second kappa shape index (κ2) is 17.4. The summed E-state index contributed by atoms with van der Waals surface area (Å²) in [5.41, 5.74) is 18.4. The first kappa shape index (κ1) is 40.1. The van der Waals surface area contributed by atoms with Crippen LogP contribution in [0.15, 0.2) is 297 Å². The number of rotatable bonds is 8. The molecule has 0 atom stereocenters. The predicted octanol–water partition coefficient (Wildman–Crippen LogP) is 20.0. The summed E-state index contributed by atoms with van der Waals surface area (Å²) in [6.45, 7) is 0. The molecule has 78 heavy (non-hydrogen) atoms. The molecule has 1 aromatic heterocycles. The van der Waals surface area contributed by atoms with Crippen LogP contribution in [0.1, 0.15) is 27.7 Å². The molecule has 0 amide bonds. The lowest BCUT2D eigenvalue weighted by Gasteiger charge is -2.32. The van der Waals surface area contributed by atoms with Crippen molar-refractivity contribution in [2.45, 2.75) is 5.41 Å². The Labute approximate surface area is 459 Å². The van der Waals surface area contributed by atoms with E-state index in [1.165, 1.54) is 55.3 Å². The number of anilines is 6. The standard InChI is InChI=1S/C75H49N3/c1-3-20-55(21-4-1)77(72-33-17-19-51-18-7-8-24-61(51)72)57-39-36-50(37-40-57)52-34-35-54-47-58(41-38-53(54)46-52)76(60-43-45-67-66-28-12-16-32-73(66)78(74(67)49-60)56-22-5-2-6-23-56)59-42-44-65-64-27-11-15-31-70(64)75(71(65)48-59)68-29-13-9-25-62(68)63-26-10-14-30-69(63)75/h1-49H/i36D,37D,39D,40D. The third-order valence-corrected chi connectivity index (χ3v) is 16.4. The Kier molecular flexibility index (Phi) is 8.97. The van der Waals surface area contributed by atoms with E-state index in [9.17, 15) is 5.48 Å². The summed E-state index contributed by atoms with van der Waals surface area (Å²) in [5.74, 6) is 0. The highest BCUT2D eigenvalue weighted by Gasteiger charge is 2.51. The van der Waals surface area contributed by atoms with E-state index >= 15 is 0 Å². The van der Waals surface area contributed by atoms with Gasteiger partial charge in [-0.25, -0.2) is 0 Å². The first-order valence-electron chi connectivity index (χ1n) is 28.7. The van der Waals surface area contributed by atoms with Gasteiger partial charge in [0.05, 0.1) is 27.6 Å². The Morgan fingerprint density at radius 3 is 1.58 bits per heavy atom. The molecule has 3 heteroatoms. The fraction of sp³-hybridized carbons (Fsp3) is 0.0133. The zero-order valence-corrected chi connectivity index (χ0v) is 42.3. The zero-order valence-electron chi connectivity index (χ0n) is 46.3. The maximum Gasteiger partial charge on any atom is 0.0726 e. The summed E-state index contributed by atoms with van der Waals surface area (Å²) in [6.07, 6.45) is 0. The lowest BCUT2D eigenvalue weighted by Crippen LogP contribution is -2.26. The minimum atomic E-state index is -0.538. The Balaban J connectivity index is 0.875. The molecule has 364 valence electrons. The smallest absolute Gasteiger partial charge is 0.0726 e. The first-order valence-corrected chi connectivity index (χ1v) is 26.7. The summed E-state index contributed by atoms with van der Waals surface area (Å²) in [6, 6.07) is 95.7. The SMILES string of the molecule is [2H]c1c([2H])c(N(c2ccccc2)c2cccc3ccccc23)c([2H])c([2H])c1-c1ccc2cc(N(c3ccc4c(c3)C3(c5ccccc5-c5ccccc53)c3ccccc3-4)c3ccc4c5ccccc5n(-c5ccccc5)c4c3)ccc2c1.